The largest absolute Gasteiger partial charge is 0.384 e. The third-order valence-corrected chi connectivity index (χ3v) is 5.96. The van der Waals surface area contributed by atoms with Gasteiger partial charge in [0.2, 0.25) is 0 Å². The van der Waals surface area contributed by atoms with Crippen molar-refractivity contribution in [2.75, 3.05) is 5.73 Å². The predicted molar refractivity (Wildman–Crippen MR) is 104 cm³/mol. The van der Waals surface area contributed by atoms with E-state index in [0.717, 1.165) is 20.0 Å². The first kappa shape index (κ1) is 17.6. The van der Waals surface area contributed by atoms with Crippen molar-refractivity contribution in [1.82, 2.24) is 14.1 Å². The number of nitrogens with zero attached hydrogens (tertiary/aromatic N) is 3. The summed E-state index contributed by atoms with van der Waals surface area (Å²) in [6.45, 7) is 6.48. The molecule has 6 nitrogen and oxygen atoms in total. The minimum atomic E-state index is -0.415. The Kier molecular flexibility index (Phi) is 4.66. The molecule has 0 spiro atoms. The summed E-state index contributed by atoms with van der Waals surface area (Å²) in [6, 6.07) is 2.04. The first-order valence-corrected chi connectivity index (χ1v) is 9.66. The quantitative estimate of drug-likeness (QED) is 0.759. The number of thiophene rings is 1. The van der Waals surface area contributed by atoms with Crippen LogP contribution in [-0.2, 0) is 13.6 Å². The summed E-state index contributed by atoms with van der Waals surface area (Å²) in [4.78, 5) is 30.7. The van der Waals surface area contributed by atoms with Crippen LogP contribution in [0.4, 0.5) is 5.82 Å². The molecule has 0 atom stereocenters. The molecule has 3 aromatic rings. The number of aryl methyl sites for hydroxylation is 1. The van der Waals surface area contributed by atoms with E-state index >= 15 is 0 Å². The molecule has 0 saturated carbocycles. The molecule has 0 aliphatic heterocycles. The number of rotatable bonds is 4. The summed E-state index contributed by atoms with van der Waals surface area (Å²) in [7, 11) is 1.47. The molecule has 0 saturated heterocycles. The van der Waals surface area contributed by atoms with Gasteiger partial charge in [-0.1, -0.05) is 13.8 Å². The molecule has 0 amide bonds. The van der Waals surface area contributed by atoms with Crippen LogP contribution in [-0.4, -0.2) is 14.1 Å². The molecule has 0 aliphatic carbocycles. The number of aromatic nitrogens is 3. The van der Waals surface area contributed by atoms with Crippen LogP contribution >= 0.6 is 22.7 Å². The van der Waals surface area contributed by atoms with E-state index in [0.29, 0.717) is 17.8 Å². The second kappa shape index (κ2) is 6.61. The van der Waals surface area contributed by atoms with E-state index in [-0.39, 0.29) is 11.7 Å². The van der Waals surface area contributed by atoms with Gasteiger partial charge in [-0.2, -0.15) is 0 Å². The second-order valence-corrected chi connectivity index (χ2v) is 8.16. The fraction of sp³-hybridized carbons (Fsp3) is 0.353. The molecule has 0 aromatic carbocycles. The van der Waals surface area contributed by atoms with Gasteiger partial charge in [-0.15, -0.1) is 22.7 Å². The summed E-state index contributed by atoms with van der Waals surface area (Å²) in [6.07, 6.45) is 0. The molecule has 3 aromatic heterocycles. The third-order valence-electron chi connectivity index (χ3n) is 3.95. The normalized spacial score (nSPS) is 11.4. The minimum Gasteiger partial charge on any atom is -0.384 e. The summed E-state index contributed by atoms with van der Waals surface area (Å²) in [5.74, 6) is 0.409. The Bertz CT molecular complexity index is 1040. The molecule has 0 radical (unpaired) electrons. The lowest BCUT2D eigenvalue weighted by atomic mass is 10.2. The zero-order valence-corrected chi connectivity index (χ0v) is 16.2. The Hall–Kier alpha value is -2.19. The van der Waals surface area contributed by atoms with Crippen LogP contribution in [0.15, 0.2) is 26.4 Å². The molecule has 25 heavy (non-hydrogen) atoms. The highest BCUT2D eigenvalue weighted by Gasteiger charge is 2.20. The van der Waals surface area contributed by atoms with E-state index in [1.54, 1.807) is 11.3 Å². The van der Waals surface area contributed by atoms with Crippen LogP contribution in [0.5, 0.6) is 0 Å². The fourth-order valence-electron chi connectivity index (χ4n) is 2.65. The molecule has 8 heteroatoms. The van der Waals surface area contributed by atoms with Crippen molar-refractivity contribution in [3.05, 3.63) is 43.2 Å². The Labute approximate surface area is 153 Å². The lowest BCUT2D eigenvalue weighted by molar-refractivity contribution is 0.494. The number of hydrogen-bond acceptors (Lipinski definition) is 6. The molecule has 0 aliphatic rings. The van der Waals surface area contributed by atoms with Gasteiger partial charge in [-0.3, -0.25) is 13.9 Å². The van der Waals surface area contributed by atoms with Crippen LogP contribution in [0.2, 0.25) is 0 Å². The average Bonchev–Trinajstić information content (AvgIpc) is 3.18. The molecule has 0 bridgehead atoms. The van der Waals surface area contributed by atoms with Crippen molar-refractivity contribution in [2.24, 2.45) is 13.0 Å². The Balaban J connectivity index is 2.20. The molecule has 0 unspecified atom stereocenters. The second-order valence-electron chi connectivity index (χ2n) is 6.38. The predicted octanol–water partition coefficient (Wildman–Crippen LogP) is 2.95. The average molecular weight is 377 g/mol. The highest BCUT2D eigenvalue weighted by molar-refractivity contribution is 7.20. The number of nitrogen functional groups attached to an aromatic ring is 1. The first-order valence-electron chi connectivity index (χ1n) is 7.91. The summed E-state index contributed by atoms with van der Waals surface area (Å²) < 4.78 is 2.56. The van der Waals surface area contributed by atoms with Crippen LogP contribution in [0.25, 0.3) is 21.1 Å². The van der Waals surface area contributed by atoms with Gasteiger partial charge in [0.1, 0.15) is 16.4 Å². The molecule has 132 valence electrons. The van der Waals surface area contributed by atoms with Crippen molar-refractivity contribution in [3.8, 4) is 21.1 Å². The van der Waals surface area contributed by atoms with E-state index in [9.17, 15) is 9.59 Å². The van der Waals surface area contributed by atoms with Crippen LogP contribution < -0.4 is 17.0 Å². The maximum Gasteiger partial charge on any atom is 0.332 e. The minimum absolute atomic E-state index is 0.182. The summed E-state index contributed by atoms with van der Waals surface area (Å²) in [5, 5.41) is 4.69. The van der Waals surface area contributed by atoms with Crippen molar-refractivity contribution in [3.63, 3.8) is 0 Å². The topological polar surface area (TPSA) is 82.9 Å². The molecular formula is C17H20N4O2S2. The highest BCUT2D eigenvalue weighted by Crippen LogP contribution is 2.34. The first-order chi connectivity index (χ1) is 11.8. The van der Waals surface area contributed by atoms with Crippen LogP contribution in [0.1, 0.15) is 19.4 Å². The molecule has 3 rings (SSSR count). The maximum atomic E-state index is 12.6. The molecule has 3 heterocycles. The van der Waals surface area contributed by atoms with E-state index in [1.165, 1.54) is 23.0 Å². The third kappa shape index (κ3) is 3.07. The van der Waals surface area contributed by atoms with Gasteiger partial charge >= 0.3 is 5.69 Å². The summed E-state index contributed by atoms with van der Waals surface area (Å²) >= 11 is 3.09. The Morgan fingerprint density at radius 2 is 2.00 bits per heavy atom. The van der Waals surface area contributed by atoms with Gasteiger partial charge in [-0.25, -0.2) is 9.78 Å². The number of anilines is 1. The zero-order valence-electron chi connectivity index (χ0n) is 14.6. The Morgan fingerprint density at radius 3 is 2.60 bits per heavy atom. The smallest absolute Gasteiger partial charge is 0.332 e. The van der Waals surface area contributed by atoms with E-state index in [4.69, 9.17) is 5.73 Å². The maximum absolute atomic E-state index is 12.6. The van der Waals surface area contributed by atoms with Crippen molar-refractivity contribution in [2.45, 2.75) is 27.3 Å². The fourth-order valence-corrected chi connectivity index (χ4v) is 4.56. The van der Waals surface area contributed by atoms with Crippen molar-refractivity contribution >= 4 is 28.5 Å². The highest BCUT2D eigenvalue weighted by atomic mass is 32.1. The molecular weight excluding hydrogens is 356 g/mol. The summed E-state index contributed by atoms with van der Waals surface area (Å²) in [5.41, 5.74) is 7.35. The van der Waals surface area contributed by atoms with Gasteiger partial charge in [0.15, 0.2) is 0 Å². The van der Waals surface area contributed by atoms with Gasteiger partial charge in [0.05, 0.1) is 10.6 Å². The van der Waals surface area contributed by atoms with Crippen LogP contribution in [0, 0.1) is 12.8 Å². The SMILES string of the molecule is Cc1ccsc1-c1nc(-c2c(N)n(CC(C)C)c(=O)n(C)c2=O)cs1. The van der Waals surface area contributed by atoms with Crippen LogP contribution in [0.3, 0.4) is 0 Å². The van der Waals surface area contributed by atoms with Crippen molar-refractivity contribution in [1.29, 1.82) is 0 Å². The van der Waals surface area contributed by atoms with Gasteiger partial charge in [0, 0.05) is 19.0 Å². The standard InChI is InChI=1S/C17H20N4O2S2/c1-9(2)7-21-14(18)12(16(22)20(4)17(21)23)11-8-25-15(19-11)13-10(3)5-6-24-13/h5-6,8-9H,7,18H2,1-4H3. The van der Waals surface area contributed by atoms with Gasteiger partial charge in [-0.05, 0) is 29.9 Å². The van der Waals surface area contributed by atoms with E-state index in [2.05, 4.69) is 4.98 Å². The Morgan fingerprint density at radius 1 is 1.28 bits per heavy atom. The monoisotopic (exact) mass is 376 g/mol. The lowest BCUT2D eigenvalue weighted by Gasteiger charge is -2.15. The lowest BCUT2D eigenvalue weighted by Crippen LogP contribution is -2.41. The van der Waals surface area contributed by atoms with Gasteiger partial charge < -0.3 is 5.73 Å². The van der Waals surface area contributed by atoms with Gasteiger partial charge in [0.25, 0.3) is 5.56 Å². The van der Waals surface area contributed by atoms with E-state index in [1.807, 2.05) is 37.6 Å². The molecule has 0 fully saturated rings. The number of hydrogen-bond donors (Lipinski definition) is 1. The van der Waals surface area contributed by atoms with E-state index < -0.39 is 11.2 Å². The molecule has 2 N–H and O–H groups in total. The van der Waals surface area contributed by atoms with Crippen molar-refractivity contribution < 1.29 is 0 Å². The zero-order chi connectivity index (χ0) is 18.3. The number of nitrogens with two attached hydrogens (primary N) is 1. The number of thiazole rings is 1.